The van der Waals surface area contributed by atoms with Gasteiger partial charge in [-0.2, -0.15) is 5.10 Å². The largest absolute Gasteiger partial charge is 0.492 e. The van der Waals surface area contributed by atoms with E-state index < -0.39 is 21.5 Å². The number of hydrogen-bond donors (Lipinski definition) is 1. The minimum Gasteiger partial charge on any atom is -0.492 e. The Labute approximate surface area is 167 Å². The number of carbonyl (C=O) groups excluding carboxylic acids is 1. The molecule has 0 atom stereocenters. The summed E-state index contributed by atoms with van der Waals surface area (Å²) in [6, 6.07) is 14.3. The van der Waals surface area contributed by atoms with E-state index in [1.54, 1.807) is 35.1 Å². The van der Waals surface area contributed by atoms with E-state index in [-0.39, 0.29) is 4.90 Å². The number of nitrogens with zero attached hydrogens (tertiary/aromatic N) is 2. The SMILES string of the molecule is O=C(CS(=O)(=O)c1ccc(Cl)cc1)Nc1cccc(OCCn2cccn2)c1. The summed E-state index contributed by atoms with van der Waals surface area (Å²) >= 11 is 5.76. The monoisotopic (exact) mass is 419 g/mol. The van der Waals surface area contributed by atoms with Gasteiger partial charge in [-0.1, -0.05) is 17.7 Å². The van der Waals surface area contributed by atoms with Gasteiger partial charge in [0.15, 0.2) is 9.84 Å². The van der Waals surface area contributed by atoms with Gasteiger partial charge in [-0.05, 0) is 42.5 Å². The number of amides is 1. The number of anilines is 1. The molecule has 0 aliphatic heterocycles. The zero-order valence-electron chi connectivity index (χ0n) is 14.8. The lowest BCUT2D eigenvalue weighted by molar-refractivity contribution is -0.113. The number of aromatic nitrogens is 2. The van der Waals surface area contributed by atoms with Crippen LogP contribution in [0.3, 0.4) is 0 Å². The standard InChI is InChI=1S/C19H18ClN3O4S/c20-15-5-7-18(8-6-15)28(25,26)14-19(24)22-16-3-1-4-17(13-16)27-12-11-23-10-2-9-21-23/h1-10,13H,11-12,14H2,(H,22,24). The Kier molecular flexibility index (Phi) is 6.33. The number of benzene rings is 2. The molecule has 1 heterocycles. The summed E-state index contributed by atoms with van der Waals surface area (Å²) < 4.78 is 32.0. The van der Waals surface area contributed by atoms with Crippen LogP contribution in [0.4, 0.5) is 5.69 Å². The summed E-state index contributed by atoms with van der Waals surface area (Å²) in [5, 5.41) is 7.09. The molecule has 0 fully saturated rings. The van der Waals surface area contributed by atoms with Crippen molar-refractivity contribution in [3.63, 3.8) is 0 Å². The predicted octanol–water partition coefficient (Wildman–Crippen LogP) is 3.03. The van der Waals surface area contributed by atoms with E-state index in [1.165, 1.54) is 24.3 Å². The maximum Gasteiger partial charge on any atom is 0.239 e. The van der Waals surface area contributed by atoms with Crippen LogP contribution in [0.1, 0.15) is 0 Å². The molecule has 146 valence electrons. The van der Waals surface area contributed by atoms with Crippen molar-refractivity contribution in [3.05, 3.63) is 72.0 Å². The molecular weight excluding hydrogens is 402 g/mol. The van der Waals surface area contributed by atoms with Gasteiger partial charge in [0.05, 0.1) is 11.4 Å². The Morgan fingerprint density at radius 2 is 1.93 bits per heavy atom. The third kappa shape index (κ3) is 5.58. The fraction of sp³-hybridized carbons (Fsp3) is 0.158. The lowest BCUT2D eigenvalue weighted by atomic mass is 10.3. The van der Waals surface area contributed by atoms with Crippen LogP contribution in [-0.4, -0.2) is 36.5 Å². The first kappa shape index (κ1) is 19.9. The van der Waals surface area contributed by atoms with Crippen molar-refractivity contribution in [2.45, 2.75) is 11.4 Å². The van der Waals surface area contributed by atoms with E-state index in [0.717, 1.165) is 0 Å². The van der Waals surface area contributed by atoms with Gasteiger partial charge in [-0.3, -0.25) is 9.48 Å². The van der Waals surface area contributed by atoms with Crippen LogP contribution in [0.2, 0.25) is 5.02 Å². The molecule has 3 aromatic rings. The predicted molar refractivity (Wildman–Crippen MR) is 106 cm³/mol. The molecule has 0 saturated carbocycles. The second kappa shape index (κ2) is 8.90. The Bertz CT molecular complexity index is 1040. The van der Waals surface area contributed by atoms with Crippen LogP contribution in [0.25, 0.3) is 0 Å². The van der Waals surface area contributed by atoms with Crippen LogP contribution in [0, 0.1) is 0 Å². The van der Waals surface area contributed by atoms with E-state index in [0.29, 0.717) is 29.6 Å². The Morgan fingerprint density at radius 3 is 2.64 bits per heavy atom. The number of halogens is 1. The van der Waals surface area contributed by atoms with Crippen molar-refractivity contribution >= 4 is 33.0 Å². The fourth-order valence-corrected chi connectivity index (χ4v) is 3.71. The van der Waals surface area contributed by atoms with Gasteiger partial charge >= 0.3 is 0 Å². The number of nitrogens with one attached hydrogen (secondary N) is 1. The normalized spacial score (nSPS) is 11.2. The van der Waals surface area contributed by atoms with Crippen LogP contribution in [0.5, 0.6) is 5.75 Å². The van der Waals surface area contributed by atoms with Gasteiger partial charge in [0, 0.05) is 29.2 Å². The second-order valence-corrected chi connectivity index (χ2v) is 8.33. The van der Waals surface area contributed by atoms with Crippen molar-refractivity contribution in [2.24, 2.45) is 0 Å². The molecule has 0 saturated heterocycles. The van der Waals surface area contributed by atoms with Crippen LogP contribution < -0.4 is 10.1 Å². The highest BCUT2D eigenvalue weighted by molar-refractivity contribution is 7.92. The summed E-state index contributed by atoms with van der Waals surface area (Å²) in [5.41, 5.74) is 0.452. The second-order valence-electron chi connectivity index (χ2n) is 5.91. The molecule has 7 nitrogen and oxygen atoms in total. The Hall–Kier alpha value is -2.84. The third-order valence-corrected chi connectivity index (χ3v) is 5.64. The van der Waals surface area contributed by atoms with Crippen molar-refractivity contribution in [2.75, 3.05) is 17.7 Å². The maximum absolute atomic E-state index is 12.3. The first-order chi connectivity index (χ1) is 13.4. The van der Waals surface area contributed by atoms with Crippen molar-refractivity contribution in [1.29, 1.82) is 0 Å². The highest BCUT2D eigenvalue weighted by atomic mass is 35.5. The number of hydrogen-bond acceptors (Lipinski definition) is 5. The Balaban J connectivity index is 1.57. The van der Waals surface area contributed by atoms with Gasteiger partial charge < -0.3 is 10.1 Å². The highest BCUT2D eigenvalue weighted by Crippen LogP contribution is 2.19. The average molecular weight is 420 g/mol. The van der Waals surface area contributed by atoms with Crippen LogP contribution in [0.15, 0.2) is 71.9 Å². The summed E-state index contributed by atoms with van der Waals surface area (Å²) in [4.78, 5) is 12.2. The first-order valence-electron chi connectivity index (χ1n) is 8.41. The molecule has 0 aliphatic carbocycles. The average Bonchev–Trinajstić information content (AvgIpc) is 3.15. The molecule has 0 spiro atoms. The van der Waals surface area contributed by atoms with E-state index in [4.69, 9.17) is 16.3 Å². The molecule has 1 aromatic heterocycles. The number of rotatable bonds is 8. The maximum atomic E-state index is 12.3. The molecule has 28 heavy (non-hydrogen) atoms. The van der Waals surface area contributed by atoms with Crippen LogP contribution in [-0.2, 0) is 21.2 Å². The molecule has 2 aromatic carbocycles. The molecule has 3 rings (SSSR count). The van der Waals surface area contributed by atoms with E-state index >= 15 is 0 Å². The molecule has 0 aliphatic rings. The van der Waals surface area contributed by atoms with Crippen LogP contribution >= 0.6 is 11.6 Å². The van der Waals surface area contributed by atoms with Crippen molar-refractivity contribution in [3.8, 4) is 5.75 Å². The van der Waals surface area contributed by atoms with Gasteiger partial charge in [0.1, 0.15) is 18.1 Å². The number of ether oxygens (including phenoxy) is 1. The topological polar surface area (TPSA) is 90.3 Å². The smallest absolute Gasteiger partial charge is 0.239 e. The zero-order chi connectivity index (χ0) is 20.0. The molecule has 9 heteroatoms. The minimum absolute atomic E-state index is 0.0442. The lowest BCUT2D eigenvalue weighted by Crippen LogP contribution is -2.23. The Morgan fingerprint density at radius 1 is 1.14 bits per heavy atom. The molecule has 0 radical (unpaired) electrons. The first-order valence-corrected chi connectivity index (χ1v) is 10.4. The fourth-order valence-electron chi connectivity index (χ4n) is 2.45. The van der Waals surface area contributed by atoms with Gasteiger partial charge in [0.25, 0.3) is 0 Å². The quantitative estimate of drug-likeness (QED) is 0.606. The molecule has 1 amide bonds. The lowest BCUT2D eigenvalue weighted by Gasteiger charge is -2.10. The zero-order valence-corrected chi connectivity index (χ0v) is 16.4. The number of carbonyl (C=O) groups is 1. The number of sulfone groups is 1. The van der Waals surface area contributed by atoms with E-state index in [2.05, 4.69) is 10.4 Å². The van der Waals surface area contributed by atoms with Crippen molar-refractivity contribution < 1.29 is 17.9 Å². The van der Waals surface area contributed by atoms with Gasteiger partial charge in [-0.15, -0.1) is 0 Å². The van der Waals surface area contributed by atoms with Crippen molar-refractivity contribution in [1.82, 2.24) is 9.78 Å². The third-order valence-electron chi connectivity index (χ3n) is 3.76. The summed E-state index contributed by atoms with van der Waals surface area (Å²) in [5.74, 6) is -0.742. The molecule has 0 bridgehead atoms. The van der Waals surface area contributed by atoms with E-state index in [9.17, 15) is 13.2 Å². The highest BCUT2D eigenvalue weighted by Gasteiger charge is 2.19. The van der Waals surface area contributed by atoms with Gasteiger partial charge in [-0.25, -0.2) is 8.42 Å². The molecular formula is C19H18ClN3O4S. The van der Waals surface area contributed by atoms with E-state index in [1.807, 2.05) is 12.3 Å². The summed E-state index contributed by atoms with van der Waals surface area (Å²) in [7, 11) is -3.76. The molecule has 1 N–H and O–H groups in total. The summed E-state index contributed by atoms with van der Waals surface area (Å²) in [6.07, 6.45) is 3.52. The summed E-state index contributed by atoms with van der Waals surface area (Å²) in [6.45, 7) is 0.993. The molecule has 0 unspecified atom stereocenters. The minimum atomic E-state index is -3.76. The van der Waals surface area contributed by atoms with Gasteiger partial charge in [0.2, 0.25) is 5.91 Å².